The lowest BCUT2D eigenvalue weighted by molar-refractivity contribution is 0.287. The summed E-state index contributed by atoms with van der Waals surface area (Å²) in [6.45, 7) is 2.93. The minimum Gasteiger partial charge on any atom is -0.396 e. The number of aliphatic hydroxyl groups excluding tert-OH is 2. The van der Waals surface area contributed by atoms with Crippen LogP contribution in [0.2, 0.25) is 0 Å². The topological polar surface area (TPSA) is 40.5 Å². The minimum absolute atomic E-state index is 0.196. The zero-order valence-electron chi connectivity index (χ0n) is 8.71. The summed E-state index contributed by atoms with van der Waals surface area (Å²) in [5, 5.41) is 17.3. The third-order valence-corrected chi connectivity index (χ3v) is 5.00. The molecule has 0 heterocycles. The molecule has 0 saturated carbocycles. The van der Waals surface area contributed by atoms with Gasteiger partial charge in [0.05, 0.1) is 0 Å². The highest BCUT2D eigenvalue weighted by Crippen LogP contribution is 2.36. The van der Waals surface area contributed by atoms with Crippen LogP contribution in [0, 0.1) is 0 Å². The summed E-state index contributed by atoms with van der Waals surface area (Å²) >= 11 is 0. The zero-order valence-corrected chi connectivity index (χ0v) is 9.60. The Morgan fingerprint density at radius 3 is 1.62 bits per heavy atom. The van der Waals surface area contributed by atoms with Crippen LogP contribution in [0.1, 0.15) is 32.6 Å². The van der Waals surface area contributed by atoms with Crippen molar-refractivity contribution in [2.75, 3.05) is 31.7 Å². The van der Waals surface area contributed by atoms with E-state index in [-0.39, 0.29) is 7.92 Å². The smallest absolute Gasteiger partial charge is 0.0431 e. The van der Waals surface area contributed by atoms with E-state index in [1.807, 2.05) is 0 Å². The van der Waals surface area contributed by atoms with Crippen LogP contribution in [0.25, 0.3) is 0 Å². The van der Waals surface area contributed by atoms with Gasteiger partial charge in [0.15, 0.2) is 0 Å². The monoisotopic (exact) mass is 206 g/mol. The molecule has 2 N–H and O–H groups in total. The Labute approximate surface area is 83.1 Å². The molecule has 0 aromatic carbocycles. The molecule has 0 unspecified atom stereocenters. The fraction of sp³-hybridized carbons (Fsp3) is 1.00. The van der Waals surface area contributed by atoms with Crippen molar-refractivity contribution in [3.05, 3.63) is 0 Å². The highest BCUT2D eigenvalue weighted by molar-refractivity contribution is 7.57. The number of rotatable bonds is 9. The zero-order chi connectivity index (χ0) is 9.94. The van der Waals surface area contributed by atoms with Crippen LogP contribution >= 0.6 is 7.92 Å². The molecule has 2 nitrogen and oxygen atoms in total. The van der Waals surface area contributed by atoms with Crippen molar-refractivity contribution in [1.29, 1.82) is 0 Å². The number of unbranched alkanes of at least 4 members (excludes halogenated alkanes) is 2. The van der Waals surface area contributed by atoms with Crippen molar-refractivity contribution in [3.8, 4) is 0 Å². The molecule has 0 rings (SSSR count). The van der Waals surface area contributed by atoms with Gasteiger partial charge in [-0.3, -0.25) is 0 Å². The summed E-state index contributed by atoms with van der Waals surface area (Å²) in [5.41, 5.74) is 0. The SMILES string of the molecule is CCP(CCCCO)CCCCO. The van der Waals surface area contributed by atoms with Gasteiger partial charge in [-0.05, 0) is 44.2 Å². The molecule has 0 atom stereocenters. The van der Waals surface area contributed by atoms with Crippen LogP contribution in [0.3, 0.4) is 0 Å². The Morgan fingerprint density at radius 1 is 0.846 bits per heavy atom. The highest BCUT2D eigenvalue weighted by Gasteiger charge is 2.03. The van der Waals surface area contributed by atoms with Crippen LogP contribution in [0.5, 0.6) is 0 Å². The van der Waals surface area contributed by atoms with Crippen molar-refractivity contribution in [3.63, 3.8) is 0 Å². The van der Waals surface area contributed by atoms with Crippen LogP contribution in [-0.2, 0) is 0 Å². The predicted molar refractivity (Wildman–Crippen MR) is 59.8 cm³/mol. The lowest BCUT2D eigenvalue weighted by Gasteiger charge is -2.14. The lowest BCUT2D eigenvalue weighted by Crippen LogP contribution is -1.96. The Bertz CT molecular complexity index is 88.9. The molecule has 0 fully saturated rings. The van der Waals surface area contributed by atoms with Crippen molar-refractivity contribution >= 4 is 7.92 Å². The maximum Gasteiger partial charge on any atom is 0.0431 e. The van der Waals surface area contributed by atoms with Gasteiger partial charge in [-0.1, -0.05) is 6.92 Å². The fourth-order valence-corrected chi connectivity index (χ4v) is 3.52. The summed E-state index contributed by atoms with van der Waals surface area (Å²) in [6, 6.07) is 0. The van der Waals surface area contributed by atoms with Crippen molar-refractivity contribution in [2.45, 2.75) is 32.6 Å². The Hall–Kier alpha value is 0.350. The van der Waals surface area contributed by atoms with E-state index in [0.29, 0.717) is 13.2 Å². The van der Waals surface area contributed by atoms with E-state index in [1.165, 1.54) is 31.3 Å². The molecule has 0 spiro atoms. The molecule has 0 bridgehead atoms. The molecule has 0 aliphatic heterocycles. The molecule has 80 valence electrons. The third kappa shape index (κ3) is 8.67. The first-order chi connectivity index (χ1) is 6.35. The van der Waals surface area contributed by atoms with Crippen LogP contribution < -0.4 is 0 Å². The van der Waals surface area contributed by atoms with E-state index < -0.39 is 0 Å². The van der Waals surface area contributed by atoms with Crippen molar-refractivity contribution < 1.29 is 10.2 Å². The van der Waals surface area contributed by atoms with E-state index in [1.54, 1.807) is 0 Å². The van der Waals surface area contributed by atoms with Gasteiger partial charge in [-0.2, -0.15) is 0 Å². The fourth-order valence-electron chi connectivity index (χ4n) is 1.32. The van der Waals surface area contributed by atoms with Gasteiger partial charge >= 0.3 is 0 Å². The van der Waals surface area contributed by atoms with Gasteiger partial charge in [-0.25, -0.2) is 0 Å². The molecular weight excluding hydrogens is 183 g/mol. The van der Waals surface area contributed by atoms with E-state index in [4.69, 9.17) is 10.2 Å². The normalized spacial score (nSPS) is 11.1. The summed E-state index contributed by atoms with van der Waals surface area (Å²) in [6.07, 6.45) is 8.17. The van der Waals surface area contributed by atoms with Crippen molar-refractivity contribution in [1.82, 2.24) is 0 Å². The first kappa shape index (κ1) is 13.4. The van der Waals surface area contributed by atoms with Gasteiger partial charge in [0, 0.05) is 13.2 Å². The van der Waals surface area contributed by atoms with Gasteiger partial charge in [0.2, 0.25) is 0 Å². The van der Waals surface area contributed by atoms with Crippen molar-refractivity contribution in [2.24, 2.45) is 0 Å². The van der Waals surface area contributed by atoms with Gasteiger partial charge in [0.25, 0.3) is 0 Å². The van der Waals surface area contributed by atoms with Crippen LogP contribution in [0.4, 0.5) is 0 Å². The summed E-state index contributed by atoms with van der Waals surface area (Å²) < 4.78 is 0. The predicted octanol–water partition coefficient (Wildman–Crippen LogP) is 2.03. The lowest BCUT2D eigenvalue weighted by atomic mass is 10.4. The maximum atomic E-state index is 8.64. The second-order valence-electron chi connectivity index (χ2n) is 3.30. The maximum absolute atomic E-state index is 8.64. The van der Waals surface area contributed by atoms with Crippen LogP contribution in [-0.4, -0.2) is 41.9 Å². The van der Waals surface area contributed by atoms with Gasteiger partial charge in [-0.15, -0.1) is 7.92 Å². The number of aliphatic hydroxyl groups is 2. The third-order valence-electron chi connectivity index (χ3n) is 2.21. The molecular formula is C10H23O2P. The molecule has 3 heteroatoms. The summed E-state index contributed by atoms with van der Waals surface area (Å²) in [4.78, 5) is 0. The van der Waals surface area contributed by atoms with E-state index in [2.05, 4.69) is 6.92 Å². The Kier molecular flexibility index (Phi) is 10.7. The average Bonchev–Trinajstić information content (AvgIpc) is 2.16. The van der Waals surface area contributed by atoms with E-state index >= 15 is 0 Å². The molecule has 0 radical (unpaired) electrons. The van der Waals surface area contributed by atoms with Gasteiger partial charge in [0.1, 0.15) is 0 Å². The quantitative estimate of drug-likeness (QED) is 0.447. The average molecular weight is 206 g/mol. The highest BCUT2D eigenvalue weighted by atomic mass is 31.1. The number of hydrogen-bond acceptors (Lipinski definition) is 2. The standard InChI is InChI=1S/C10H23O2P/c1-2-13(9-5-3-7-11)10-6-4-8-12/h11-12H,2-10H2,1H3. The Balaban J connectivity index is 3.28. The first-order valence-corrected chi connectivity index (χ1v) is 7.19. The van der Waals surface area contributed by atoms with E-state index in [9.17, 15) is 0 Å². The molecule has 0 aromatic heterocycles. The number of hydrogen-bond donors (Lipinski definition) is 2. The second kappa shape index (κ2) is 10.4. The van der Waals surface area contributed by atoms with E-state index in [0.717, 1.165) is 12.8 Å². The molecule has 0 saturated heterocycles. The Morgan fingerprint density at radius 2 is 1.31 bits per heavy atom. The molecule has 0 aromatic rings. The molecule has 13 heavy (non-hydrogen) atoms. The minimum atomic E-state index is 0.196. The summed E-state index contributed by atoms with van der Waals surface area (Å²) in [7, 11) is 0.196. The first-order valence-electron chi connectivity index (χ1n) is 5.29. The molecule has 0 aliphatic carbocycles. The summed E-state index contributed by atoms with van der Waals surface area (Å²) in [5.74, 6) is 0. The second-order valence-corrected chi connectivity index (χ2v) is 6.16. The van der Waals surface area contributed by atoms with Crippen LogP contribution in [0.15, 0.2) is 0 Å². The van der Waals surface area contributed by atoms with Gasteiger partial charge < -0.3 is 10.2 Å². The molecule has 0 amide bonds. The largest absolute Gasteiger partial charge is 0.396 e. The molecule has 0 aliphatic rings.